The predicted octanol–water partition coefficient (Wildman–Crippen LogP) is 4.25. The first kappa shape index (κ1) is 18.7. The van der Waals surface area contributed by atoms with Crippen molar-refractivity contribution < 1.29 is 4.74 Å². The maximum Gasteiger partial charge on any atom is 0.119 e. The van der Waals surface area contributed by atoms with Gasteiger partial charge in [-0.15, -0.1) is 0 Å². The summed E-state index contributed by atoms with van der Waals surface area (Å²) in [4.78, 5) is 2.38. The molecule has 3 nitrogen and oxygen atoms in total. The van der Waals surface area contributed by atoms with Crippen LogP contribution in [0.2, 0.25) is 0 Å². The molecule has 1 aliphatic rings. The van der Waals surface area contributed by atoms with Crippen molar-refractivity contribution in [2.45, 2.75) is 26.3 Å². The molecule has 3 rings (SSSR count). The molecule has 0 fully saturated rings. The van der Waals surface area contributed by atoms with E-state index in [1.165, 1.54) is 20.3 Å². The first-order valence-electron chi connectivity index (χ1n) is 9.18. The molecular weight excluding hydrogens is 423 g/mol. The molecule has 1 N–H and O–H groups in total. The van der Waals surface area contributed by atoms with Gasteiger partial charge in [-0.25, -0.2) is 0 Å². The lowest BCUT2D eigenvalue weighted by atomic mass is 9.90. The number of hydrogen-bond acceptors (Lipinski definition) is 3. The van der Waals surface area contributed by atoms with Crippen LogP contribution < -0.4 is 10.1 Å². The van der Waals surface area contributed by atoms with Crippen LogP contribution in [0.25, 0.3) is 0 Å². The third-order valence-corrected chi connectivity index (χ3v) is 5.59. The summed E-state index contributed by atoms with van der Waals surface area (Å²) in [6, 6.07) is 15.6. The number of nitrogens with one attached hydrogen (secondary N) is 1. The lowest BCUT2D eigenvalue weighted by Crippen LogP contribution is -2.30. The Balaban J connectivity index is 1.72. The average molecular weight is 450 g/mol. The molecule has 2 aromatic carbocycles. The van der Waals surface area contributed by atoms with E-state index in [2.05, 4.69) is 89.1 Å². The van der Waals surface area contributed by atoms with E-state index in [1.807, 2.05) is 0 Å². The summed E-state index contributed by atoms with van der Waals surface area (Å²) in [5.74, 6) is 0.995. The van der Waals surface area contributed by atoms with E-state index >= 15 is 0 Å². The van der Waals surface area contributed by atoms with Crippen LogP contribution in [0.3, 0.4) is 0 Å². The van der Waals surface area contributed by atoms with Crippen molar-refractivity contribution in [2.24, 2.45) is 0 Å². The van der Waals surface area contributed by atoms with Crippen LogP contribution in [-0.4, -0.2) is 37.7 Å². The Hall–Kier alpha value is -1.11. The zero-order valence-corrected chi connectivity index (χ0v) is 17.3. The van der Waals surface area contributed by atoms with Crippen LogP contribution in [0.1, 0.15) is 36.6 Å². The van der Waals surface area contributed by atoms with Crippen molar-refractivity contribution >= 4 is 22.6 Å². The van der Waals surface area contributed by atoms with Crippen molar-refractivity contribution in [3.63, 3.8) is 0 Å². The molecule has 1 atom stereocenters. The van der Waals surface area contributed by atoms with Gasteiger partial charge in [-0.05, 0) is 83.1 Å². The molecule has 25 heavy (non-hydrogen) atoms. The molecule has 1 heterocycles. The number of hydrogen-bond donors (Lipinski definition) is 1. The van der Waals surface area contributed by atoms with Gasteiger partial charge in [0.2, 0.25) is 0 Å². The van der Waals surface area contributed by atoms with Gasteiger partial charge < -0.3 is 15.0 Å². The lowest BCUT2D eigenvalue weighted by Gasteiger charge is -2.28. The van der Waals surface area contributed by atoms with Gasteiger partial charge >= 0.3 is 0 Å². The fraction of sp³-hybridized carbons (Fsp3) is 0.429. The second-order valence-electron chi connectivity index (χ2n) is 6.43. The summed E-state index contributed by atoms with van der Waals surface area (Å²) < 4.78 is 7.28. The van der Waals surface area contributed by atoms with Gasteiger partial charge in [0.05, 0.1) is 6.04 Å². The normalized spacial score (nSPS) is 16.7. The second-order valence-corrected chi connectivity index (χ2v) is 7.67. The number of rotatable bonds is 7. The zero-order chi connectivity index (χ0) is 17.6. The molecule has 0 bridgehead atoms. The summed E-state index contributed by atoms with van der Waals surface area (Å²) in [5, 5.41) is 3.66. The van der Waals surface area contributed by atoms with Gasteiger partial charge in [0.1, 0.15) is 12.4 Å². The Labute approximate surface area is 164 Å². The molecular formula is C21H27IN2O. The van der Waals surface area contributed by atoms with Crippen LogP contribution in [0.4, 0.5) is 0 Å². The fourth-order valence-corrected chi connectivity index (χ4v) is 4.01. The number of fused-ring (bicyclic) bond motifs is 1. The predicted molar refractivity (Wildman–Crippen MR) is 112 cm³/mol. The third kappa shape index (κ3) is 4.74. The smallest absolute Gasteiger partial charge is 0.119 e. The quantitative estimate of drug-likeness (QED) is 0.639. The van der Waals surface area contributed by atoms with E-state index in [1.54, 1.807) is 0 Å². The topological polar surface area (TPSA) is 24.5 Å². The van der Waals surface area contributed by atoms with Gasteiger partial charge in [-0.3, -0.25) is 0 Å². The van der Waals surface area contributed by atoms with Crippen LogP contribution in [-0.2, 0) is 6.42 Å². The summed E-state index contributed by atoms with van der Waals surface area (Å²) in [5.41, 5.74) is 4.12. The van der Waals surface area contributed by atoms with Crippen molar-refractivity contribution in [2.75, 3.05) is 32.8 Å². The fourth-order valence-electron chi connectivity index (χ4n) is 3.45. The summed E-state index contributed by atoms with van der Waals surface area (Å²) >= 11 is 2.38. The summed E-state index contributed by atoms with van der Waals surface area (Å²) in [6.07, 6.45) is 1.06. The van der Waals surface area contributed by atoms with Gasteiger partial charge in [0.25, 0.3) is 0 Å². The minimum absolute atomic E-state index is 0.281. The van der Waals surface area contributed by atoms with Gasteiger partial charge in [-0.2, -0.15) is 0 Å². The van der Waals surface area contributed by atoms with E-state index in [4.69, 9.17) is 4.74 Å². The Morgan fingerprint density at radius 1 is 1.16 bits per heavy atom. The van der Waals surface area contributed by atoms with Gasteiger partial charge in [0.15, 0.2) is 0 Å². The number of halogens is 1. The van der Waals surface area contributed by atoms with E-state index in [0.29, 0.717) is 0 Å². The molecule has 0 aliphatic carbocycles. The first-order valence-corrected chi connectivity index (χ1v) is 10.3. The number of likely N-dealkylation sites (N-methyl/N-ethyl adjacent to an activating group) is 1. The maximum absolute atomic E-state index is 6.00. The van der Waals surface area contributed by atoms with Crippen LogP contribution >= 0.6 is 22.6 Å². The second kappa shape index (κ2) is 9.01. The summed E-state index contributed by atoms with van der Waals surface area (Å²) in [7, 11) is 0. The SMILES string of the molecule is CCN(CC)CCOc1ccc2c(c1)CCNC2c1cccc(I)c1. The van der Waals surface area contributed by atoms with Crippen LogP contribution in [0.15, 0.2) is 42.5 Å². The number of ether oxygens (including phenoxy) is 1. The first-order chi connectivity index (χ1) is 12.2. The van der Waals surface area contributed by atoms with E-state index < -0.39 is 0 Å². The molecule has 0 aromatic heterocycles. The van der Waals surface area contributed by atoms with Crippen molar-refractivity contribution in [3.8, 4) is 5.75 Å². The number of benzene rings is 2. The molecule has 0 saturated carbocycles. The Morgan fingerprint density at radius 3 is 2.76 bits per heavy atom. The highest BCUT2D eigenvalue weighted by Crippen LogP contribution is 2.31. The van der Waals surface area contributed by atoms with Gasteiger partial charge in [0, 0.05) is 16.7 Å². The van der Waals surface area contributed by atoms with Crippen molar-refractivity contribution in [3.05, 3.63) is 62.7 Å². The minimum atomic E-state index is 0.281. The molecule has 1 unspecified atom stereocenters. The highest BCUT2D eigenvalue weighted by Gasteiger charge is 2.21. The minimum Gasteiger partial charge on any atom is -0.492 e. The molecule has 2 aromatic rings. The maximum atomic E-state index is 6.00. The highest BCUT2D eigenvalue weighted by molar-refractivity contribution is 14.1. The molecule has 0 radical (unpaired) electrons. The average Bonchev–Trinajstić information content (AvgIpc) is 2.64. The van der Waals surface area contributed by atoms with Crippen molar-refractivity contribution in [1.82, 2.24) is 10.2 Å². The molecule has 0 saturated heterocycles. The molecule has 0 spiro atoms. The molecule has 4 heteroatoms. The van der Waals surface area contributed by atoms with Gasteiger partial charge in [-0.1, -0.05) is 32.0 Å². The Kier molecular flexibility index (Phi) is 6.73. The largest absolute Gasteiger partial charge is 0.492 e. The molecule has 134 valence electrons. The summed E-state index contributed by atoms with van der Waals surface area (Å²) in [6.45, 7) is 9.28. The number of nitrogens with zero attached hydrogens (tertiary/aromatic N) is 1. The Bertz CT molecular complexity index is 700. The molecule has 0 amide bonds. The third-order valence-electron chi connectivity index (χ3n) is 4.92. The van der Waals surface area contributed by atoms with Crippen LogP contribution in [0, 0.1) is 3.57 Å². The van der Waals surface area contributed by atoms with E-state index in [-0.39, 0.29) is 6.04 Å². The molecule has 1 aliphatic heterocycles. The zero-order valence-electron chi connectivity index (χ0n) is 15.1. The standard InChI is InChI=1S/C21H27IN2O/c1-3-24(4-2)12-13-25-19-8-9-20-16(15-19)10-11-23-21(20)17-6-5-7-18(22)14-17/h5-9,14-15,21,23H,3-4,10-13H2,1-2H3. The van der Waals surface area contributed by atoms with Crippen LogP contribution in [0.5, 0.6) is 5.75 Å². The Morgan fingerprint density at radius 2 is 2.00 bits per heavy atom. The highest BCUT2D eigenvalue weighted by atomic mass is 127. The monoisotopic (exact) mass is 450 g/mol. The lowest BCUT2D eigenvalue weighted by molar-refractivity contribution is 0.222. The van der Waals surface area contributed by atoms with E-state index in [0.717, 1.165) is 45.0 Å². The van der Waals surface area contributed by atoms with E-state index in [9.17, 15) is 0 Å². The van der Waals surface area contributed by atoms with Crippen molar-refractivity contribution in [1.29, 1.82) is 0 Å².